The molecule has 0 bridgehead atoms. The molecule has 1 N–H and O–H groups in total. The molecule has 0 aliphatic rings. The van der Waals surface area contributed by atoms with Gasteiger partial charge in [-0.25, -0.2) is 4.98 Å². The number of aromatic nitrogens is 4. The van der Waals surface area contributed by atoms with E-state index in [2.05, 4.69) is 15.1 Å². The molecule has 0 radical (unpaired) electrons. The minimum Gasteiger partial charge on any atom is -0.472 e. The number of imidazole rings is 1. The number of nitrogens with zero attached hydrogens (tertiary/aromatic N) is 4. The van der Waals surface area contributed by atoms with Gasteiger partial charge in [0.1, 0.15) is 6.26 Å². The Morgan fingerprint density at radius 3 is 3.05 bits per heavy atom. The SMILES string of the molecule is Cn1c(CO)cnc1SCc1nc(-c2ccoc2)no1. The second-order valence-electron chi connectivity index (χ2n) is 4.06. The van der Waals surface area contributed by atoms with E-state index < -0.39 is 0 Å². The molecule has 8 heteroatoms. The monoisotopic (exact) mass is 292 g/mol. The Balaban J connectivity index is 1.68. The molecule has 3 aromatic rings. The molecular formula is C12H12N4O3S. The number of aliphatic hydroxyl groups excluding tert-OH is 1. The number of thioether (sulfide) groups is 1. The quantitative estimate of drug-likeness (QED) is 0.717. The molecule has 7 nitrogen and oxygen atoms in total. The zero-order valence-electron chi connectivity index (χ0n) is 10.7. The first-order valence-electron chi connectivity index (χ1n) is 5.87. The Kier molecular flexibility index (Phi) is 3.57. The van der Waals surface area contributed by atoms with Crippen LogP contribution < -0.4 is 0 Å². The van der Waals surface area contributed by atoms with Crippen LogP contribution >= 0.6 is 11.8 Å². The average Bonchev–Trinajstić information content (AvgIpc) is 3.17. The summed E-state index contributed by atoms with van der Waals surface area (Å²) in [5.41, 5.74) is 1.54. The van der Waals surface area contributed by atoms with Gasteiger partial charge >= 0.3 is 0 Å². The van der Waals surface area contributed by atoms with Gasteiger partial charge in [0.15, 0.2) is 5.16 Å². The minimum absolute atomic E-state index is 0.0325. The van der Waals surface area contributed by atoms with E-state index in [0.29, 0.717) is 17.5 Å². The van der Waals surface area contributed by atoms with Gasteiger partial charge in [-0.05, 0) is 6.07 Å². The number of rotatable bonds is 5. The van der Waals surface area contributed by atoms with Gasteiger partial charge in [-0.3, -0.25) is 0 Å². The molecular weight excluding hydrogens is 280 g/mol. The first kappa shape index (κ1) is 12.9. The van der Waals surface area contributed by atoms with Crippen molar-refractivity contribution in [1.29, 1.82) is 0 Å². The van der Waals surface area contributed by atoms with Crippen LogP contribution in [0.5, 0.6) is 0 Å². The van der Waals surface area contributed by atoms with E-state index in [1.54, 1.807) is 24.8 Å². The fourth-order valence-corrected chi connectivity index (χ4v) is 2.46. The lowest BCUT2D eigenvalue weighted by atomic mass is 10.3. The summed E-state index contributed by atoms with van der Waals surface area (Å²) in [5.74, 6) is 1.53. The predicted molar refractivity (Wildman–Crippen MR) is 70.7 cm³/mol. The Labute approximate surface area is 118 Å². The second kappa shape index (κ2) is 5.51. The third kappa shape index (κ3) is 2.47. The number of aliphatic hydroxyl groups is 1. The highest BCUT2D eigenvalue weighted by Gasteiger charge is 2.12. The Bertz CT molecular complexity index is 689. The van der Waals surface area contributed by atoms with Crippen molar-refractivity contribution in [2.75, 3.05) is 0 Å². The van der Waals surface area contributed by atoms with Gasteiger partial charge in [-0.15, -0.1) is 0 Å². The third-order valence-corrected chi connectivity index (χ3v) is 3.80. The van der Waals surface area contributed by atoms with Gasteiger partial charge in [0.25, 0.3) is 0 Å². The van der Waals surface area contributed by atoms with Gasteiger partial charge in [0, 0.05) is 7.05 Å². The molecule has 0 amide bonds. The maximum absolute atomic E-state index is 9.11. The molecule has 0 spiro atoms. The first-order chi connectivity index (χ1) is 9.78. The van der Waals surface area contributed by atoms with E-state index in [1.165, 1.54) is 11.8 Å². The lowest BCUT2D eigenvalue weighted by molar-refractivity contribution is 0.271. The van der Waals surface area contributed by atoms with Crippen molar-refractivity contribution in [1.82, 2.24) is 19.7 Å². The van der Waals surface area contributed by atoms with Crippen molar-refractivity contribution in [3.63, 3.8) is 0 Å². The van der Waals surface area contributed by atoms with Crippen molar-refractivity contribution in [3.05, 3.63) is 36.4 Å². The second-order valence-corrected chi connectivity index (χ2v) is 5.00. The summed E-state index contributed by atoms with van der Waals surface area (Å²) in [6.07, 6.45) is 4.77. The van der Waals surface area contributed by atoms with Crippen LogP contribution in [0.4, 0.5) is 0 Å². The number of furan rings is 1. The highest BCUT2D eigenvalue weighted by molar-refractivity contribution is 7.98. The number of hydrogen-bond donors (Lipinski definition) is 1. The van der Waals surface area contributed by atoms with Crippen LogP contribution in [0.3, 0.4) is 0 Å². The van der Waals surface area contributed by atoms with Crippen LogP contribution in [0.25, 0.3) is 11.4 Å². The van der Waals surface area contributed by atoms with Crippen LogP contribution in [-0.4, -0.2) is 24.8 Å². The molecule has 104 valence electrons. The molecule has 0 fully saturated rings. The fraction of sp³-hybridized carbons (Fsp3) is 0.250. The molecule has 0 saturated heterocycles. The number of hydrogen-bond acceptors (Lipinski definition) is 7. The first-order valence-corrected chi connectivity index (χ1v) is 6.86. The van der Waals surface area contributed by atoms with Crippen molar-refractivity contribution >= 4 is 11.8 Å². The van der Waals surface area contributed by atoms with Gasteiger partial charge in [0.05, 0.1) is 36.1 Å². The van der Waals surface area contributed by atoms with Crippen LogP contribution in [0.1, 0.15) is 11.6 Å². The molecule has 0 atom stereocenters. The van der Waals surface area contributed by atoms with Gasteiger partial charge < -0.3 is 18.6 Å². The zero-order chi connectivity index (χ0) is 13.9. The molecule has 3 aromatic heterocycles. The summed E-state index contributed by atoms with van der Waals surface area (Å²) >= 11 is 1.47. The summed E-state index contributed by atoms with van der Waals surface area (Å²) in [6.45, 7) is -0.0325. The molecule has 3 rings (SSSR count). The van der Waals surface area contributed by atoms with Gasteiger partial charge in [-0.2, -0.15) is 4.98 Å². The minimum atomic E-state index is -0.0325. The maximum atomic E-state index is 9.11. The highest BCUT2D eigenvalue weighted by atomic mass is 32.2. The van der Waals surface area contributed by atoms with E-state index in [9.17, 15) is 0 Å². The molecule has 0 aliphatic heterocycles. The van der Waals surface area contributed by atoms with Gasteiger partial charge in [0.2, 0.25) is 11.7 Å². The van der Waals surface area contributed by atoms with E-state index in [0.717, 1.165) is 16.4 Å². The summed E-state index contributed by atoms with van der Waals surface area (Å²) in [4.78, 5) is 8.50. The van der Waals surface area contributed by atoms with Crippen LogP contribution in [-0.2, 0) is 19.4 Å². The summed E-state index contributed by atoms with van der Waals surface area (Å²) in [6, 6.07) is 1.77. The average molecular weight is 292 g/mol. The topological polar surface area (TPSA) is 90.1 Å². The summed E-state index contributed by atoms with van der Waals surface area (Å²) < 4.78 is 12.0. The molecule has 3 heterocycles. The Morgan fingerprint density at radius 2 is 2.35 bits per heavy atom. The predicted octanol–water partition coefficient (Wildman–Crippen LogP) is 1.85. The molecule has 0 aromatic carbocycles. The zero-order valence-corrected chi connectivity index (χ0v) is 11.5. The molecule has 20 heavy (non-hydrogen) atoms. The largest absolute Gasteiger partial charge is 0.472 e. The molecule has 0 aliphatic carbocycles. The van der Waals surface area contributed by atoms with E-state index in [1.807, 2.05) is 11.6 Å². The lowest BCUT2D eigenvalue weighted by Gasteiger charge is -2.01. The van der Waals surface area contributed by atoms with Crippen molar-refractivity contribution in [2.24, 2.45) is 7.05 Å². The maximum Gasteiger partial charge on any atom is 0.237 e. The van der Waals surface area contributed by atoms with Crippen molar-refractivity contribution < 1.29 is 14.0 Å². The van der Waals surface area contributed by atoms with E-state index >= 15 is 0 Å². The summed E-state index contributed by atoms with van der Waals surface area (Å²) in [5, 5.41) is 13.8. The normalized spacial score (nSPS) is 11.1. The van der Waals surface area contributed by atoms with Crippen molar-refractivity contribution in [2.45, 2.75) is 17.5 Å². The Hall–Kier alpha value is -2.06. The standard InChI is InChI=1S/C12H12N4O3S/c1-16-9(5-17)4-13-12(16)20-7-10-14-11(15-19-10)8-2-3-18-6-8/h2-4,6,17H,5,7H2,1H3. The van der Waals surface area contributed by atoms with Crippen molar-refractivity contribution in [3.8, 4) is 11.4 Å². The van der Waals surface area contributed by atoms with Gasteiger partial charge in [-0.1, -0.05) is 16.9 Å². The van der Waals surface area contributed by atoms with Crippen LogP contribution in [0.15, 0.2) is 38.9 Å². The molecule has 0 unspecified atom stereocenters. The highest BCUT2D eigenvalue weighted by Crippen LogP contribution is 2.23. The Morgan fingerprint density at radius 1 is 1.45 bits per heavy atom. The van der Waals surface area contributed by atoms with Crippen LogP contribution in [0, 0.1) is 0 Å². The summed E-state index contributed by atoms with van der Waals surface area (Å²) in [7, 11) is 1.85. The lowest BCUT2D eigenvalue weighted by Crippen LogP contribution is -1.97. The third-order valence-electron chi connectivity index (χ3n) is 2.78. The van der Waals surface area contributed by atoms with E-state index in [-0.39, 0.29) is 6.61 Å². The molecule has 0 saturated carbocycles. The smallest absolute Gasteiger partial charge is 0.237 e. The fourth-order valence-electron chi connectivity index (χ4n) is 1.66. The van der Waals surface area contributed by atoms with Crippen LogP contribution in [0.2, 0.25) is 0 Å². The van der Waals surface area contributed by atoms with E-state index in [4.69, 9.17) is 14.0 Å².